The number of carbonyl (C=O) groups is 2. The molecule has 0 unspecified atom stereocenters. The number of amides is 2. The molecule has 0 aliphatic rings. The Labute approximate surface area is 160 Å². The van der Waals surface area contributed by atoms with Crippen molar-refractivity contribution in [3.8, 4) is 0 Å². The maximum atomic E-state index is 12.7. The minimum absolute atomic E-state index is 0.0340. The van der Waals surface area contributed by atoms with Gasteiger partial charge in [-0.1, -0.05) is 36.4 Å². The summed E-state index contributed by atoms with van der Waals surface area (Å²) in [6.45, 7) is 5.53. The van der Waals surface area contributed by atoms with Crippen molar-refractivity contribution in [2.75, 3.05) is 17.7 Å². The largest absolute Gasteiger partial charge is 0.372 e. The molecule has 0 aliphatic carbocycles. The molecule has 0 radical (unpaired) electrons. The minimum atomic E-state index is -0.546. The molecule has 0 spiro atoms. The van der Waals surface area contributed by atoms with Crippen LogP contribution in [0.25, 0.3) is 0 Å². The van der Waals surface area contributed by atoms with Crippen molar-refractivity contribution in [3.05, 3.63) is 60.2 Å². The van der Waals surface area contributed by atoms with Crippen LogP contribution in [0.4, 0.5) is 11.4 Å². The van der Waals surface area contributed by atoms with Crippen LogP contribution in [0.1, 0.15) is 32.4 Å². The zero-order valence-electron chi connectivity index (χ0n) is 16.2. The molecule has 2 amide bonds. The van der Waals surface area contributed by atoms with E-state index in [4.69, 9.17) is 4.74 Å². The van der Waals surface area contributed by atoms with Gasteiger partial charge in [0.25, 0.3) is 5.91 Å². The Morgan fingerprint density at radius 3 is 2.19 bits per heavy atom. The monoisotopic (exact) mass is 369 g/mol. The summed E-state index contributed by atoms with van der Waals surface area (Å²) < 4.78 is 5.02. The van der Waals surface area contributed by atoms with E-state index in [-0.39, 0.29) is 17.9 Å². The average Bonchev–Trinajstić information content (AvgIpc) is 2.65. The second-order valence-electron chi connectivity index (χ2n) is 6.60. The van der Waals surface area contributed by atoms with Crippen molar-refractivity contribution in [1.29, 1.82) is 0 Å². The molecule has 2 rings (SSSR count). The number of carbonyl (C=O) groups excluding carboxylic acids is 2. The van der Waals surface area contributed by atoms with Gasteiger partial charge in [-0.25, -0.2) is 0 Å². The van der Waals surface area contributed by atoms with Crippen molar-refractivity contribution < 1.29 is 14.3 Å². The normalized spacial score (nSPS) is 12.9. The summed E-state index contributed by atoms with van der Waals surface area (Å²) >= 11 is 0. The number of methoxy groups -OCH3 is 1. The fourth-order valence-electron chi connectivity index (χ4n) is 2.52. The maximum Gasteiger partial charge on any atom is 0.253 e. The van der Waals surface area contributed by atoms with Crippen LogP contribution in [0, 0.1) is 0 Å². The van der Waals surface area contributed by atoms with Crippen molar-refractivity contribution >= 4 is 23.2 Å². The van der Waals surface area contributed by atoms with Gasteiger partial charge in [0.1, 0.15) is 12.1 Å². The summed E-state index contributed by atoms with van der Waals surface area (Å²) in [4.78, 5) is 24.7. The van der Waals surface area contributed by atoms with Gasteiger partial charge in [0.15, 0.2) is 0 Å². The molecule has 6 heteroatoms. The Morgan fingerprint density at radius 2 is 1.56 bits per heavy atom. The molecule has 0 bridgehead atoms. The Kier molecular flexibility index (Phi) is 7.37. The van der Waals surface area contributed by atoms with Crippen LogP contribution < -0.4 is 16.0 Å². The molecule has 2 aromatic rings. The predicted octanol–water partition coefficient (Wildman–Crippen LogP) is 3.34. The SMILES string of the molecule is CO[C@H](C)C(=O)Nc1cccc(N[C@@H](C(=O)NC(C)C)c2ccccc2)c1. The summed E-state index contributed by atoms with van der Waals surface area (Å²) in [5.74, 6) is -0.342. The summed E-state index contributed by atoms with van der Waals surface area (Å²) in [5, 5.41) is 9.01. The Morgan fingerprint density at radius 1 is 0.889 bits per heavy atom. The Bertz CT molecular complexity index is 762. The molecular formula is C21H27N3O3. The van der Waals surface area contributed by atoms with Crippen molar-refractivity contribution in [2.24, 2.45) is 0 Å². The van der Waals surface area contributed by atoms with Crippen LogP contribution in [0.5, 0.6) is 0 Å². The molecule has 0 fully saturated rings. The first-order valence-electron chi connectivity index (χ1n) is 8.96. The highest BCUT2D eigenvalue weighted by molar-refractivity contribution is 5.94. The average molecular weight is 369 g/mol. The fourth-order valence-corrected chi connectivity index (χ4v) is 2.52. The summed E-state index contributed by atoms with van der Waals surface area (Å²) in [6.07, 6.45) is -0.546. The highest BCUT2D eigenvalue weighted by Crippen LogP contribution is 2.23. The molecule has 0 heterocycles. The van der Waals surface area contributed by atoms with Crippen LogP contribution in [-0.2, 0) is 14.3 Å². The van der Waals surface area contributed by atoms with Gasteiger partial charge in [0.2, 0.25) is 5.91 Å². The van der Waals surface area contributed by atoms with E-state index >= 15 is 0 Å². The second kappa shape index (κ2) is 9.73. The molecule has 0 aliphatic heterocycles. The molecule has 2 aromatic carbocycles. The van der Waals surface area contributed by atoms with E-state index in [1.807, 2.05) is 56.3 Å². The van der Waals surface area contributed by atoms with Crippen LogP contribution >= 0.6 is 0 Å². The lowest BCUT2D eigenvalue weighted by Gasteiger charge is -2.22. The standard InChI is InChI=1S/C21H27N3O3/c1-14(2)22-21(26)19(16-9-6-5-7-10-16)23-17-11-8-12-18(13-17)24-20(25)15(3)27-4/h5-15,19,23H,1-4H3,(H,22,26)(H,24,25)/t15-,19-/m1/s1. The first kappa shape index (κ1) is 20.5. The summed E-state index contributed by atoms with van der Waals surface area (Å²) in [5.41, 5.74) is 2.22. The maximum absolute atomic E-state index is 12.7. The van der Waals surface area contributed by atoms with Crippen molar-refractivity contribution in [2.45, 2.75) is 39.0 Å². The third kappa shape index (κ3) is 6.11. The second-order valence-corrected chi connectivity index (χ2v) is 6.60. The van der Waals surface area contributed by atoms with Gasteiger partial charge in [0.05, 0.1) is 0 Å². The topological polar surface area (TPSA) is 79.5 Å². The van der Waals surface area contributed by atoms with Gasteiger partial charge < -0.3 is 20.7 Å². The van der Waals surface area contributed by atoms with Crippen molar-refractivity contribution in [1.82, 2.24) is 5.32 Å². The number of anilines is 2. The van der Waals surface area contributed by atoms with Gasteiger partial charge in [-0.2, -0.15) is 0 Å². The fraction of sp³-hybridized carbons (Fsp3) is 0.333. The lowest BCUT2D eigenvalue weighted by Crippen LogP contribution is -2.37. The van der Waals surface area contributed by atoms with Crippen LogP contribution in [0.15, 0.2) is 54.6 Å². The summed E-state index contributed by atoms with van der Waals surface area (Å²) in [7, 11) is 1.49. The number of rotatable bonds is 8. The van der Waals surface area contributed by atoms with E-state index in [0.717, 1.165) is 11.3 Å². The zero-order valence-corrected chi connectivity index (χ0v) is 16.2. The van der Waals surface area contributed by atoms with Crippen LogP contribution in [-0.4, -0.2) is 31.1 Å². The number of nitrogens with one attached hydrogen (secondary N) is 3. The predicted molar refractivity (Wildman–Crippen MR) is 108 cm³/mol. The molecule has 6 nitrogen and oxygen atoms in total. The first-order valence-corrected chi connectivity index (χ1v) is 8.96. The van der Waals surface area contributed by atoms with E-state index in [1.54, 1.807) is 19.1 Å². The smallest absolute Gasteiger partial charge is 0.253 e. The number of hydrogen-bond acceptors (Lipinski definition) is 4. The molecule has 144 valence electrons. The third-order valence-corrected chi connectivity index (χ3v) is 3.99. The molecule has 0 saturated carbocycles. The highest BCUT2D eigenvalue weighted by Gasteiger charge is 2.21. The first-order chi connectivity index (χ1) is 12.9. The van der Waals surface area contributed by atoms with E-state index in [1.165, 1.54) is 7.11 Å². The molecule has 2 atom stereocenters. The van der Waals surface area contributed by atoms with Crippen molar-refractivity contribution in [3.63, 3.8) is 0 Å². The van der Waals surface area contributed by atoms with Gasteiger partial charge in [0, 0.05) is 24.5 Å². The summed E-state index contributed by atoms with van der Waals surface area (Å²) in [6, 6.07) is 16.3. The lowest BCUT2D eigenvalue weighted by atomic mass is 10.1. The van der Waals surface area contributed by atoms with E-state index in [9.17, 15) is 9.59 Å². The quantitative estimate of drug-likeness (QED) is 0.667. The zero-order chi connectivity index (χ0) is 19.8. The van der Waals surface area contributed by atoms with E-state index < -0.39 is 12.1 Å². The Balaban J connectivity index is 2.21. The van der Waals surface area contributed by atoms with Gasteiger partial charge in [-0.15, -0.1) is 0 Å². The number of benzene rings is 2. The Hall–Kier alpha value is -2.86. The van der Waals surface area contributed by atoms with Gasteiger partial charge in [-0.05, 0) is 44.5 Å². The number of hydrogen-bond donors (Lipinski definition) is 3. The molecular weight excluding hydrogens is 342 g/mol. The third-order valence-electron chi connectivity index (χ3n) is 3.99. The number of ether oxygens (including phenoxy) is 1. The van der Waals surface area contributed by atoms with E-state index in [2.05, 4.69) is 16.0 Å². The molecule has 0 saturated heterocycles. The highest BCUT2D eigenvalue weighted by atomic mass is 16.5. The minimum Gasteiger partial charge on any atom is -0.372 e. The van der Waals surface area contributed by atoms with Gasteiger partial charge in [-0.3, -0.25) is 9.59 Å². The molecule has 27 heavy (non-hydrogen) atoms. The van der Waals surface area contributed by atoms with Gasteiger partial charge >= 0.3 is 0 Å². The lowest BCUT2D eigenvalue weighted by molar-refractivity contribution is -0.124. The molecule has 0 aromatic heterocycles. The molecule has 3 N–H and O–H groups in total. The van der Waals surface area contributed by atoms with Crippen LogP contribution in [0.3, 0.4) is 0 Å². The van der Waals surface area contributed by atoms with E-state index in [0.29, 0.717) is 5.69 Å². The van der Waals surface area contributed by atoms with Crippen LogP contribution in [0.2, 0.25) is 0 Å².